The average molecular weight is 347 g/mol. The number of hydrogen-bond acceptors (Lipinski definition) is 4. The molecule has 3 aromatic rings. The summed E-state index contributed by atoms with van der Waals surface area (Å²) in [7, 11) is 0.0330. The highest BCUT2D eigenvalue weighted by Crippen LogP contribution is 2.32. The first-order chi connectivity index (χ1) is 10.4. The lowest BCUT2D eigenvalue weighted by Crippen LogP contribution is -2.40. The van der Waals surface area contributed by atoms with Crippen LogP contribution < -0.4 is 9.92 Å². The Morgan fingerprint density at radius 3 is 2.55 bits per heavy atom. The van der Waals surface area contributed by atoms with Crippen molar-refractivity contribution in [2.24, 2.45) is 0 Å². The molecule has 0 N–H and O–H groups in total. The summed E-state index contributed by atoms with van der Waals surface area (Å²) < 4.78 is 6.46. The lowest BCUT2D eigenvalue weighted by Gasteiger charge is -2.17. The fraction of sp³-hybridized carbons (Fsp3) is 0.235. The molecule has 0 aliphatic rings. The summed E-state index contributed by atoms with van der Waals surface area (Å²) in [5.74, 6) is 0.999. The Bertz CT molecular complexity index is 826. The predicted octanol–water partition coefficient (Wildman–Crippen LogP) is 4.75. The van der Waals surface area contributed by atoms with Crippen molar-refractivity contribution < 1.29 is 9.53 Å². The van der Waals surface area contributed by atoms with Crippen molar-refractivity contribution in [1.29, 1.82) is 0 Å². The number of methoxy groups -OCH3 is 1. The van der Waals surface area contributed by atoms with Gasteiger partial charge in [-0.3, -0.25) is 4.79 Å². The van der Waals surface area contributed by atoms with Gasteiger partial charge in [-0.05, 0) is 40.2 Å². The van der Waals surface area contributed by atoms with E-state index < -0.39 is 8.07 Å². The Morgan fingerprint density at radius 1 is 1.18 bits per heavy atom. The summed E-state index contributed by atoms with van der Waals surface area (Å²) in [6.07, 6.45) is 0. The van der Waals surface area contributed by atoms with Crippen LogP contribution in [0, 0.1) is 0 Å². The monoisotopic (exact) mass is 346 g/mol. The van der Waals surface area contributed by atoms with Gasteiger partial charge < -0.3 is 4.74 Å². The zero-order valence-electron chi connectivity index (χ0n) is 13.1. The first-order valence-electron chi connectivity index (χ1n) is 7.11. The molecule has 0 aliphatic heterocycles. The maximum atomic E-state index is 12.9. The first kappa shape index (κ1) is 15.5. The minimum absolute atomic E-state index is 0.160. The molecular weight excluding hydrogens is 328 g/mol. The second kappa shape index (κ2) is 5.65. The number of ketones is 1. The Hall–Kier alpha value is -1.43. The van der Waals surface area contributed by atoms with Crippen molar-refractivity contribution in [3.05, 3.63) is 45.5 Å². The number of thiophene rings is 2. The van der Waals surface area contributed by atoms with Crippen molar-refractivity contribution in [1.82, 2.24) is 0 Å². The normalized spacial score (nSPS) is 11.8. The van der Waals surface area contributed by atoms with Crippen molar-refractivity contribution in [2.45, 2.75) is 19.6 Å². The number of ether oxygens (including phenoxy) is 1. The van der Waals surface area contributed by atoms with Gasteiger partial charge in [0, 0.05) is 4.70 Å². The molecule has 0 unspecified atom stereocenters. The van der Waals surface area contributed by atoms with Crippen molar-refractivity contribution in [3.63, 3.8) is 0 Å². The molecule has 2 aromatic heterocycles. The van der Waals surface area contributed by atoms with Crippen LogP contribution in [0.25, 0.3) is 10.1 Å². The summed E-state index contributed by atoms with van der Waals surface area (Å²) in [5, 5.41) is 4.44. The van der Waals surface area contributed by atoms with E-state index in [1.54, 1.807) is 18.4 Å². The highest BCUT2D eigenvalue weighted by molar-refractivity contribution is 7.24. The number of hydrogen-bond donors (Lipinski definition) is 0. The van der Waals surface area contributed by atoms with Gasteiger partial charge in [0.15, 0.2) is 0 Å². The summed E-state index contributed by atoms with van der Waals surface area (Å²) in [6, 6.07) is 9.96. The topological polar surface area (TPSA) is 26.3 Å². The van der Waals surface area contributed by atoms with E-state index >= 15 is 0 Å². The van der Waals surface area contributed by atoms with Gasteiger partial charge in [-0.2, -0.15) is 0 Å². The Kier molecular flexibility index (Phi) is 3.97. The van der Waals surface area contributed by atoms with Gasteiger partial charge in [-0.25, -0.2) is 0 Å². The maximum Gasteiger partial charge on any atom is 0.212 e. The standard InChI is InChI=1S/C17H18O2S2Si/c1-19-11-7-8-12-14(10-11)21-16(17(12)22(2,3)4)15(18)13-6-5-9-20-13/h5-10H,1-4H3. The molecule has 0 saturated carbocycles. The van der Waals surface area contributed by atoms with Gasteiger partial charge in [0.25, 0.3) is 0 Å². The van der Waals surface area contributed by atoms with Crippen LogP contribution in [0.15, 0.2) is 35.7 Å². The fourth-order valence-electron chi connectivity index (χ4n) is 2.63. The minimum atomic E-state index is -1.64. The second-order valence-electron chi connectivity index (χ2n) is 6.22. The molecule has 0 radical (unpaired) electrons. The molecule has 0 amide bonds. The van der Waals surface area contributed by atoms with Crippen molar-refractivity contribution >= 4 is 51.8 Å². The van der Waals surface area contributed by atoms with Crippen LogP contribution in [-0.2, 0) is 0 Å². The maximum absolute atomic E-state index is 12.9. The molecule has 1 aromatic carbocycles. The van der Waals surface area contributed by atoms with Gasteiger partial charge in [0.2, 0.25) is 5.78 Å². The number of carbonyl (C=O) groups excluding carboxylic acids is 1. The van der Waals surface area contributed by atoms with Crippen LogP contribution in [0.1, 0.15) is 14.5 Å². The zero-order chi connectivity index (χ0) is 15.9. The van der Waals surface area contributed by atoms with E-state index in [0.29, 0.717) is 0 Å². The van der Waals surface area contributed by atoms with Crippen LogP contribution in [0.4, 0.5) is 0 Å². The molecule has 0 bridgehead atoms. The van der Waals surface area contributed by atoms with Crippen LogP contribution >= 0.6 is 22.7 Å². The van der Waals surface area contributed by atoms with E-state index in [9.17, 15) is 4.79 Å². The highest BCUT2D eigenvalue weighted by atomic mass is 32.1. The number of benzene rings is 1. The number of rotatable bonds is 4. The summed E-state index contributed by atoms with van der Waals surface area (Å²) in [4.78, 5) is 14.6. The number of fused-ring (bicyclic) bond motifs is 1. The lowest BCUT2D eigenvalue weighted by atomic mass is 10.2. The fourth-order valence-corrected chi connectivity index (χ4v) is 7.44. The quantitative estimate of drug-likeness (QED) is 0.503. The Labute approximate surface area is 139 Å². The molecule has 2 heterocycles. The van der Waals surface area contributed by atoms with Gasteiger partial charge >= 0.3 is 0 Å². The van der Waals surface area contributed by atoms with Crippen LogP contribution in [-0.4, -0.2) is 21.0 Å². The first-order valence-corrected chi connectivity index (χ1v) is 12.3. The largest absolute Gasteiger partial charge is 0.497 e. The second-order valence-corrected chi connectivity index (χ2v) is 13.2. The molecular formula is C17H18O2S2Si. The molecule has 0 spiro atoms. The zero-order valence-corrected chi connectivity index (χ0v) is 15.7. The lowest BCUT2D eigenvalue weighted by molar-refractivity contribution is 0.104. The number of carbonyl (C=O) groups is 1. The predicted molar refractivity (Wildman–Crippen MR) is 99.1 cm³/mol. The van der Waals surface area contributed by atoms with Crippen LogP contribution in [0.5, 0.6) is 5.75 Å². The van der Waals surface area contributed by atoms with Crippen molar-refractivity contribution in [2.75, 3.05) is 7.11 Å². The van der Waals surface area contributed by atoms with Crippen molar-refractivity contribution in [3.8, 4) is 5.75 Å². The van der Waals surface area contributed by atoms with Crippen LogP contribution in [0.2, 0.25) is 19.6 Å². The van der Waals surface area contributed by atoms with Gasteiger partial charge in [0.05, 0.1) is 24.9 Å². The summed E-state index contributed by atoms with van der Waals surface area (Å²) in [6.45, 7) is 6.89. The average Bonchev–Trinajstić information content (AvgIpc) is 3.12. The van der Waals surface area contributed by atoms with E-state index in [4.69, 9.17) is 4.74 Å². The van der Waals surface area contributed by atoms with E-state index in [2.05, 4.69) is 25.7 Å². The van der Waals surface area contributed by atoms with E-state index in [-0.39, 0.29) is 5.78 Å². The van der Waals surface area contributed by atoms with E-state index in [1.807, 2.05) is 29.6 Å². The third-order valence-electron chi connectivity index (χ3n) is 3.60. The molecule has 0 aliphatic carbocycles. The molecule has 3 rings (SSSR count). The summed E-state index contributed by atoms with van der Waals surface area (Å²) >= 11 is 3.11. The Morgan fingerprint density at radius 2 is 1.95 bits per heavy atom. The molecule has 5 heteroatoms. The van der Waals surface area contributed by atoms with Gasteiger partial charge in [-0.15, -0.1) is 22.7 Å². The molecule has 0 atom stereocenters. The van der Waals surface area contributed by atoms with Crippen LogP contribution in [0.3, 0.4) is 0 Å². The third-order valence-corrected chi connectivity index (χ3v) is 7.82. The smallest absolute Gasteiger partial charge is 0.212 e. The van der Waals surface area contributed by atoms with E-state index in [0.717, 1.165) is 20.2 Å². The molecule has 0 fully saturated rings. The van der Waals surface area contributed by atoms with Gasteiger partial charge in [0.1, 0.15) is 5.75 Å². The molecule has 22 heavy (non-hydrogen) atoms. The van der Waals surface area contributed by atoms with E-state index in [1.165, 1.54) is 21.9 Å². The van der Waals surface area contributed by atoms with Gasteiger partial charge in [-0.1, -0.05) is 25.7 Å². The summed E-state index contributed by atoms with van der Waals surface area (Å²) in [5.41, 5.74) is 0. The molecule has 0 saturated heterocycles. The minimum Gasteiger partial charge on any atom is -0.497 e. The molecule has 114 valence electrons. The third kappa shape index (κ3) is 2.64. The SMILES string of the molecule is COc1ccc2c([Si](C)(C)C)c(C(=O)c3cccs3)sc2c1. The highest BCUT2D eigenvalue weighted by Gasteiger charge is 2.29. The molecule has 2 nitrogen and oxygen atoms in total. The Balaban J connectivity index is 2.26.